The van der Waals surface area contributed by atoms with E-state index in [9.17, 15) is 5.11 Å². The molecular weight excluding hydrogens is 364 g/mol. The van der Waals surface area contributed by atoms with Gasteiger partial charge in [-0.05, 0) is 110 Å². The largest absolute Gasteiger partial charge is 0.393 e. The minimum atomic E-state index is -0.0870. The van der Waals surface area contributed by atoms with Gasteiger partial charge in [-0.3, -0.25) is 0 Å². The molecule has 0 bridgehead atoms. The molecule has 4 rings (SSSR count). The quantitative estimate of drug-likeness (QED) is 0.457. The summed E-state index contributed by atoms with van der Waals surface area (Å²) in [5.74, 6) is 5.70. The van der Waals surface area contributed by atoms with Gasteiger partial charge in [0.05, 0.1) is 6.10 Å². The zero-order chi connectivity index (χ0) is 21.7. The lowest BCUT2D eigenvalue weighted by Gasteiger charge is -2.58. The van der Waals surface area contributed by atoms with Crippen molar-refractivity contribution in [2.75, 3.05) is 0 Å². The number of hydrogen-bond acceptors (Lipinski definition) is 1. The van der Waals surface area contributed by atoms with Gasteiger partial charge in [0, 0.05) is 0 Å². The van der Waals surface area contributed by atoms with Gasteiger partial charge in [0.2, 0.25) is 0 Å². The van der Waals surface area contributed by atoms with Crippen LogP contribution in [0.3, 0.4) is 0 Å². The third-order valence-electron chi connectivity index (χ3n) is 10.8. The molecule has 1 N–H and O–H groups in total. The highest BCUT2D eigenvalue weighted by Crippen LogP contribution is 2.67. The molecule has 0 aromatic carbocycles. The van der Waals surface area contributed by atoms with E-state index >= 15 is 0 Å². The number of allylic oxidation sites excluding steroid dienone is 3. The highest BCUT2D eigenvalue weighted by Gasteiger charge is 2.58. The SMILES string of the molecule is CC[C@H](/C=C/[C@H](C)[C@H]1CC[C@H]2[C@@H]3CC=C4C[C@H](O)CC[C@@]4(C)[C@H]3CC[C@]12C)C(C)C. The number of aliphatic hydroxyl groups excluding tert-OH is 1. The number of rotatable bonds is 5. The Hall–Kier alpha value is -0.560. The Bertz CT molecular complexity index is 674. The summed E-state index contributed by atoms with van der Waals surface area (Å²) in [7, 11) is 0. The van der Waals surface area contributed by atoms with Gasteiger partial charge < -0.3 is 5.11 Å². The Balaban J connectivity index is 1.52. The maximum atomic E-state index is 10.2. The molecule has 1 heteroatoms. The van der Waals surface area contributed by atoms with E-state index in [-0.39, 0.29) is 6.10 Å². The summed E-state index contributed by atoms with van der Waals surface area (Å²) in [5.41, 5.74) is 2.51. The van der Waals surface area contributed by atoms with Crippen LogP contribution < -0.4 is 0 Å². The molecule has 0 aromatic heterocycles. The molecule has 1 nitrogen and oxygen atoms in total. The second-order valence-corrected chi connectivity index (χ2v) is 12.4. The summed E-state index contributed by atoms with van der Waals surface area (Å²) in [4.78, 5) is 0. The highest BCUT2D eigenvalue weighted by atomic mass is 16.3. The van der Waals surface area contributed by atoms with E-state index in [1.165, 1.54) is 44.9 Å². The third-order valence-corrected chi connectivity index (χ3v) is 10.8. The normalized spacial score (nSPS) is 45.6. The van der Waals surface area contributed by atoms with Gasteiger partial charge in [0.15, 0.2) is 0 Å². The van der Waals surface area contributed by atoms with Crippen molar-refractivity contribution >= 4 is 0 Å². The topological polar surface area (TPSA) is 20.2 Å². The third kappa shape index (κ3) is 3.66. The number of aliphatic hydroxyl groups is 1. The van der Waals surface area contributed by atoms with Crippen LogP contribution in [0.5, 0.6) is 0 Å². The van der Waals surface area contributed by atoms with E-state index in [1.807, 2.05) is 0 Å². The van der Waals surface area contributed by atoms with Crippen molar-refractivity contribution in [1.82, 2.24) is 0 Å². The molecule has 0 aliphatic heterocycles. The van der Waals surface area contributed by atoms with Crippen molar-refractivity contribution in [3.63, 3.8) is 0 Å². The van der Waals surface area contributed by atoms with Gasteiger partial charge in [-0.2, -0.15) is 0 Å². The van der Waals surface area contributed by atoms with Gasteiger partial charge in [0.25, 0.3) is 0 Å². The smallest absolute Gasteiger partial charge is 0.0577 e. The molecule has 0 spiro atoms. The lowest BCUT2D eigenvalue weighted by atomic mass is 9.47. The molecule has 3 saturated carbocycles. The van der Waals surface area contributed by atoms with Crippen molar-refractivity contribution in [2.24, 2.45) is 52.3 Å². The van der Waals surface area contributed by atoms with Gasteiger partial charge in [-0.1, -0.05) is 65.3 Å². The maximum Gasteiger partial charge on any atom is 0.0577 e. The first-order valence-electron chi connectivity index (χ1n) is 13.3. The Morgan fingerprint density at radius 1 is 1.03 bits per heavy atom. The molecule has 4 aliphatic carbocycles. The van der Waals surface area contributed by atoms with Crippen molar-refractivity contribution in [1.29, 1.82) is 0 Å². The number of hydrogen-bond donors (Lipinski definition) is 1. The van der Waals surface area contributed by atoms with E-state index < -0.39 is 0 Å². The van der Waals surface area contributed by atoms with Crippen molar-refractivity contribution in [2.45, 2.75) is 105 Å². The lowest BCUT2D eigenvalue weighted by molar-refractivity contribution is -0.0540. The zero-order valence-electron chi connectivity index (χ0n) is 20.7. The summed E-state index contributed by atoms with van der Waals surface area (Å²) in [6.45, 7) is 14.8. The molecule has 0 aromatic rings. The van der Waals surface area contributed by atoms with Crippen LogP contribution in [0.25, 0.3) is 0 Å². The predicted octanol–water partition coefficient (Wildman–Crippen LogP) is 7.80. The van der Waals surface area contributed by atoms with Crippen LogP contribution in [0.15, 0.2) is 23.8 Å². The van der Waals surface area contributed by atoms with Gasteiger partial charge in [-0.25, -0.2) is 0 Å². The second kappa shape index (κ2) is 8.42. The molecule has 4 aliphatic rings. The van der Waals surface area contributed by atoms with Crippen molar-refractivity contribution in [3.8, 4) is 0 Å². The van der Waals surface area contributed by atoms with Crippen molar-refractivity contribution in [3.05, 3.63) is 23.8 Å². The average molecular weight is 413 g/mol. The van der Waals surface area contributed by atoms with Crippen LogP contribution in [0.2, 0.25) is 0 Å². The summed E-state index contributed by atoms with van der Waals surface area (Å²) < 4.78 is 0. The van der Waals surface area contributed by atoms with Gasteiger partial charge in [-0.15, -0.1) is 0 Å². The van der Waals surface area contributed by atoms with Crippen LogP contribution in [-0.4, -0.2) is 11.2 Å². The molecule has 0 unspecified atom stereocenters. The molecule has 0 amide bonds. The fraction of sp³-hybridized carbons (Fsp3) is 0.862. The van der Waals surface area contributed by atoms with E-state index in [4.69, 9.17) is 0 Å². The standard InChI is InChI=1S/C29H48O/c1-7-21(19(2)3)9-8-20(4)25-12-13-26-24-11-10-22-18-23(30)14-16-28(22,5)27(24)15-17-29(25,26)6/h8-10,19-21,23-27,30H,7,11-18H2,1-6H3/b9-8+/t20-,21+,23+,24-,25+,26-,27-,28+,29+/m0/s1. The van der Waals surface area contributed by atoms with Crippen LogP contribution in [0.4, 0.5) is 0 Å². The highest BCUT2D eigenvalue weighted by molar-refractivity contribution is 5.25. The van der Waals surface area contributed by atoms with Crippen LogP contribution in [-0.2, 0) is 0 Å². The molecule has 30 heavy (non-hydrogen) atoms. The Labute approximate surface area is 186 Å². The van der Waals surface area contributed by atoms with E-state index in [0.29, 0.717) is 16.7 Å². The first-order valence-corrected chi connectivity index (χ1v) is 13.3. The first-order chi connectivity index (χ1) is 14.2. The molecule has 170 valence electrons. The maximum absolute atomic E-state index is 10.2. The minimum Gasteiger partial charge on any atom is -0.393 e. The molecule has 0 radical (unpaired) electrons. The Morgan fingerprint density at radius 3 is 2.50 bits per heavy atom. The fourth-order valence-corrected chi connectivity index (χ4v) is 8.83. The minimum absolute atomic E-state index is 0.0870. The molecular formula is C29H48O. The molecule has 3 fully saturated rings. The summed E-state index contributed by atoms with van der Waals surface area (Å²) >= 11 is 0. The molecule has 9 atom stereocenters. The first kappa shape index (κ1) is 22.6. The Kier molecular flexibility index (Phi) is 6.35. The lowest BCUT2D eigenvalue weighted by Crippen LogP contribution is -2.50. The van der Waals surface area contributed by atoms with Gasteiger partial charge >= 0.3 is 0 Å². The molecule has 0 heterocycles. The van der Waals surface area contributed by atoms with E-state index in [2.05, 4.69) is 59.8 Å². The predicted molar refractivity (Wildman–Crippen MR) is 128 cm³/mol. The van der Waals surface area contributed by atoms with E-state index in [1.54, 1.807) is 5.57 Å². The van der Waals surface area contributed by atoms with E-state index in [0.717, 1.165) is 48.3 Å². The summed E-state index contributed by atoms with van der Waals surface area (Å²) in [6, 6.07) is 0. The molecule has 0 saturated heterocycles. The summed E-state index contributed by atoms with van der Waals surface area (Å²) in [5, 5.41) is 10.2. The average Bonchev–Trinajstić information content (AvgIpc) is 3.06. The zero-order valence-corrected chi connectivity index (χ0v) is 20.7. The summed E-state index contributed by atoms with van der Waals surface area (Å²) in [6.07, 6.45) is 19.1. The van der Waals surface area contributed by atoms with Crippen LogP contribution in [0.1, 0.15) is 99.3 Å². The second-order valence-electron chi connectivity index (χ2n) is 12.4. The van der Waals surface area contributed by atoms with Crippen molar-refractivity contribution < 1.29 is 5.11 Å². The fourth-order valence-electron chi connectivity index (χ4n) is 8.83. The number of fused-ring (bicyclic) bond motifs is 5. The van der Waals surface area contributed by atoms with Crippen LogP contribution >= 0.6 is 0 Å². The monoisotopic (exact) mass is 412 g/mol. The van der Waals surface area contributed by atoms with Crippen LogP contribution in [0, 0.1) is 52.3 Å². The Morgan fingerprint density at radius 2 is 1.80 bits per heavy atom. The van der Waals surface area contributed by atoms with Gasteiger partial charge in [0.1, 0.15) is 0 Å².